The lowest BCUT2D eigenvalue weighted by atomic mass is 9.93. The zero-order valence-corrected chi connectivity index (χ0v) is 8.08. The van der Waals surface area contributed by atoms with Crippen molar-refractivity contribution >= 4 is 5.78 Å². The molecule has 70 valence electrons. The van der Waals surface area contributed by atoms with Crippen molar-refractivity contribution in [2.24, 2.45) is 5.92 Å². The third-order valence-corrected chi connectivity index (χ3v) is 2.87. The molecule has 0 saturated heterocycles. The molecule has 0 amide bonds. The summed E-state index contributed by atoms with van der Waals surface area (Å²) in [6, 6.07) is 0. The predicted molar refractivity (Wildman–Crippen MR) is 49.5 cm³/mol. The van der Waals surface area contributed by atoms with Crippen molar-refractivity contribution in [1.82, 2.24) is 9.55 Å². The molecule has 1 unspecified atom stereocenters. The first kappa shape index (κ1) is 8.48. The molecule has 0 spiro atoms. The van der Waals surface area contributed by atoms with Crippen LogP contribution in [0, 0.1) is 12.8 Å². The molecule has 1 aromatic rings. The molecule has 1 aliphatic heterocycles. The lowest BCUT2D eigenvalue weighted by Gasteiger charge is -2.22. The number of rotatable bonds is 1. The van der Waals surface area contributed by atoms with Crippen molar-refractivity contribution in [3.63, 3.8) is 0 Å². The van der Waals surface area contributed by atoms with E-state index in [1.165, 1.54) is 5.69 Å². The summed E-state index contributed by atoms with van der Waals surface area (Å²) in [5.74, 6) is 1.60. The molecule has 0 saturated carbocycles. The number of hydrogen-bond acceptors (Lipinski definition) is 2. The SMILES string of the molecule is CC(=O)C1CCn2c(cnc2C)C1. The first-order valence-corrected chi connectivity index (χ1v) is 4.70. The molecule has 2 rings (SSSR count). The molecular formula is C10H14N2O. The zero-order chi connectivity index (χ0) is 9.42. The van der Waals surface area contributed by atoms with Gasteiger partial charge in [0.05, 0.1) is 0 Å². The smallest absolute Gasteiger partial charge is 0.133 e. The highest BCUT2D eigenvalue weighted by Gasteiger charge is 2.22. The summed E-state index contributed by atoms with van der Waals surface area (Å²) in [5, 5.41) is 0. The van der Waals surface area contributed by atoms with Gasteiger partial charge in [0.1, 0.15) is 11.6 Å². The fourth-order valence-corrected chi connectivity index (χ4v) is 1.97. The second-order valence-electron chi connectivity index (χ2n) is 3.75. The number of hydrogen-bond donors (Lipinski definition) is 0. The molecule has 0 aliphatic carbocycles. The average molecular weight is 178 g/mol. The van der Waals surface area contributed by atoms with Crippen LogP contribution in [0.4, 0.5) is 0 Å². The van der Waals surface area contributed by atoms with Crippen molar-refractivity contribution < 1.29 is 4.79 Å². The van der Waals surface area contributed by atoms with Crippen LogP contribution in [0.2, 0.25) is 0 Å². The van der Waals surface area contributed by atoms with Gasteiger partial charge >= 0.3 is 0 Å². The Balaban J connectivity index is 2.25. The van der Waals surface area contributed by atoms with Crippen molar-refractivity contribution in [1.29, 1.82) is 0 Å². The normalized spacial score (nSPS) is 21.2. The van der Waals surface area contributed by atoms with E-state index >= 15 is 0 Å². The number of carbonyl (C=O) groups excluding carboxylic acids is 1. The Morgan fingerprint density at radius 1 is 1.69 bits per heavy atom. The summed E-state index contributed by atoms with van der Waals surface area (Å²) in [7, 11) is 0. The molecule has 3 nitrogen and oxygen atoms in total. The van der Waals surface area contributed by atoms with E-state index in [1.807, 2.05) is 13.1 Å². The van der Waals surface area contributed by atoms with Crippen molar-refractivity contribution in [2.45, 2.75) is 33.2 Å². The maximum absolute atomic E-state index is 11.2. The second-order valence-corrected chi connectivity index (χ2v) is 3.75. The highest BCUT2D eigenvalue weighted by molar-refractivity contribution is 5.78. The van der Waals surface area contributed by atoms with Gasteiger partial charge in [0.2, 0.25) is 0 Å². The van der Waals surface area contributed by atoms with E-state index in [1.54, 1.807) is 6.92 Å². The fraction of sp³-hybridized carbons (Fsp3) is 0.600. The van der Waals surface area contributed by atoms with Gasteiger partial charge in [-0.05, 0) is 26.7 Å². The number of aryl methyl sites for hydroxylation is 1. The van der Waals surface area contributed by atoms with Crippen molar-refractivity contribution in [3.05, 3.63) is 17.7 Å². The van der Waals surface area contributed by atoms with E-state index in [2.05, 4.69) is 9.55 Å². The summed E-state index contributed by atoms with van der Waals surface area (Å²) in [6.45, 7) is 4.65. The molecule has 0 fully saturated rings. The number of fused-ring (bicyclic) bond motifs is 1. The minimum Gasteiger partial charge on any atom is -0.332 e. The Labute approximate surface area is 77.8 Å². The minimum atomic E-state index is 0.226. The highest BCUT2D eigenvalue weighted by Crippen LogP contribution is 2.21. The van der Waals surface area contributed by atoms with Gasteiger partial charge < -0.3 is 4.57 Å². The van der Waals surface area contributed by atoms with Crippen LogP contribution < -0.4 is 0 Å². The van der Waals surface area contributed by atoms with Crippen LogP contribution in [-0.4, -0.2) is 15.3 Å². The Bertz CT molecular complexity index is 341. The molecule has 0 radical (unpaired) electrons. The van der Waals surface area contributed by atoms with Crippen LogP contribution in [0.15, 0.2) is 6.20 Å². The maximum atomic E-state index is 11.2. The Morgan fingerprint density at radius 3 is 3.15 bits per heavy atom. The van der Waals surface area contributed by atoms with E-state index < -0.39 is 0 Å². The fourth-order valence-electron chi connectivity index (χ4n) is 1.97. The molecule has 2 heterocycles. The lowest BCUT2D eigenvalue weighted by molar-refractivity contribution is -0.121. The number of aromatic nitrogens is 2. The topological polar surface area (TPSA) is 34.9 Å². The molecule has 0 bridgehead atoms. The molecule has 1 aromatic heterocycles. The summed E-state index contributed by atoms with van der Waals surface area (Å²) in [4.78, 5) is 15.4. The largest absolute Gasteiger partial charge is 0.332 e. The molecule has 3 heteroatoms. The van der Waals surface area contributed by atoms with Crippen LogP contribution in [0.5, 0.6) is 0 Å². The maximum Gasteiger partial charge on any atom is 0.133 e. The van der Waals surface area contributed by atoms with E-state index in [-0.39, 0.29) is 5.92 Å². The van der Waals surface area contributed by atoms with Gasteiger partial charge in [-0.15, -0.1) is 0 Å². The Kier molecular flexibility index (Phi) is 1.94. The molecule has 1 aliphatic rings. The number of imidazole rings is 1. The summed E-state index contributed by atoms with van der Waals surface area (Å²) in [5.41, 5.74) is 1.21. The number of ketones is 1. The monoisotopic (exact) mass is 178 g/mol. The first-order chi connectivity index (χ1) is 6.18. The molecule has 0 N–H and O–H groups in total. The number of carbonyl (C=O) groups is 1. The van der Waals surface area contributed by atoms with E-state index in [0.717, 1.165) is 25.2 Å². The zero-order valence-electron chi connectivity index (χ0n) is 8.08. The molecule has 1 atom stereocenters. The van der Waals surface area contributed by atoms with Gasteiger partial charge in [-0.25, -0.2) is 4.98 Å². The number of Topliss-reactive ketones (excluding diaryl/α,β-unsaturated/α-hetero) is 1. The third kappa shape index (κ3) is 1.39. The van der Waals surface area contributed by atoms with Gasteiger partial charge in [-0.2, -0.15) is 0 Å². The summed E-state index contributed by atoms with van der Waals surface area (Å²) >= 11 is 0. The molecular weight excluding hydrogens is 164 g/mol. The Hall–Kier alpha value is -1.12. The van der Waals surface area contributed by atoms with Gasteiger partial charge in [0.25, 0.3) is 0 Å². The van der Waals surface area contributed by atoms with Crippen molar-refractivity contribution in [3.8, 4) is 0 Å². The van der Waals surface area contributed by atoms with Crippen LogP contribution in [0.25, 0.3) is 0 Å². The van der Waals surface area contributed by atoms with Crippen LogP contribution in [0.3, 0.4) is 0 Å². The number of nitrogens with zero attached hydrogens (tertiary/aromatic N) is 2. The van der Waals surface area contributed by atoms with Gasteiger partial charge in [-0.1, -0.05) is 0 Å². The predicted octanol–water partition coefficient (Wildman–Crippen LogP) is 1.34. The van der Waals surface area contributed by atoms with Crippen LogP contribution >= 0.6 is 0 Å². The second kappa shape index (κ2) is 2.98. The van der Waals surface area contributed by atoms with E-state index in [9.17, 15) is 4.79 Å². The van der Waals surface area contributed by atoms with Gasteiger partial charge in [-0.3, -0.25) is 4.79 Å². The van der Waals surface area contributed by atoms with Crippen LogP contribution in [-0.2, 0) is 17.8 Å². The van der Waals surface area contributed by atoms with Gasteiger partial charge in [0, 0.05) is 24.4 Å². The third-order valence-electron chi connectivity index (χ3n) is 2.87. The lowest BCUT2D eigenvalue weighted by Crippen LogP contribution is -2.24. The summed E-state index contributed by atoms with van der Waals surface area (Å²) in [6.07, 6.45) is 3.74. The highest BCUT2D eigenvalue weighted by atomic mass is 16.1. The molecule has 0 aromatic carbocycles. The standard InChI is InChI=1S/C10H14N2O/c1-7(13)9-3-4-12-8(2)11-6-10(12)5-9/h6,9H,3-5H2,1-2H3. The quantitative estimate of drug-likeness (QED) is 0.650. The van der Waals surface area contributed by atoms with E-state index in [0.29, 0.717) is 5.78 Å². The van der Waals surface area contributed by atoms with Crippen LogP contribution in [0.1, 0.15) is 24.9 Å². The van der Waals surface area contributed by atoms with Gasteiger partial charge in [0.15, 0.2) is 0 Å². The molecule has 13 heavy (non-hydrogen) atoms. The average Bonchev–Trinajstić information content (AvgIpc) is 2.47. The van der Waals surface area contributed by atoms with Crippen molar-refractivity contribution in [2.75, 3.05) is 0 Å². The minimum absolute atomic E-state index is 0.226. The summed E-state index contributed by atoms with van der Waals surface area (Å²) < 4.78 is 2.21. The van der Waals surface area contributed by atoms with E-state index in [4.69, 9.17) is 0 Å². The first-order valence-electron chi connectivity index (χ1n) is 4.70. The Morgan fingerprint density at radius 2 is 2.46 bits per heavy atom.